The summed E-state index contributed by atoms with van der Waals surface area (Å²) in [6, 6.07) is 12.5. The number of fused-ring (bicyclic) bond motifs is 1. The third kappa shape index (κ3) is 4.06. The Labute approximate surface area is 156 Å². The molecule has 2 N–H and O–H groups in total. The van der Waals surface area contributed by atoms with E-state index in [2.05, 4.69) is 20.0 Å². The van der Waals surface area contributed by atoms with Crippen molar-refractivity contribution >= 4 is 26.7 Å². The Kier molecular flexibility index (Phi) is 4.75. The highest BCUT2D eigenvalue weighted by Crippen LogP contribution is 2.39. The molecule has 3 aromatic rings. The summed E-state index contributed by atoms with van der Waals surface area (Å²) in [7, 11) is -3.67. The van der Waals surface area contributed by atoms with Crippen LogP contribution in [-0.2, 0) is 10.0 Å². The molecule has 0 aliphatic heterocycles. The molecule has 0 unspecified atom stereocenters. The number of nitrogens with zero attached hydrogens (tertiary/aromatic N) is 2. The maximum atomic E-state index is 13.0. The molecular weight excluding hydrogens is 367 g/mol. The lowest BCUT2D eigenvalue weighted by Gasteiger charge is -2.11. The monoisotopic (exact) mass is 386 g/mol. The minimum absolute atomic E-state index is 0.0346. The molecule has 4 rings (SSSR count). The highest BCUT2D eigenvalue weighted by atomic mass is 32.2. The van der Waals surface area contributed by atoms with E-state index in [4.69, 9.17) is 0 Å². The number of anilines is 1. The van der Waals surface area contributed by atoms with E-state index in [9.17, 15) is 12.8 Å². The van der Waals surface area contributed by atoms with Gasteiger partial charge < -0.3 is 5.32 Å². The van der Waals surface area contributed by atoms with E-state index in [1.165, 1.54) is 12.1 Å². The highest BCUT2D eigenvalue weighted by Gasteiger charge is 2.27. The van der Waals surface area contributed by atoms with Gasteiger partial charge in [0, 0.05) is 24.4 Å². The zero-order chi connectivity index (χ0) is 18.9. The third-order valence-electron chi connectivity index (χ3n) is 4.40. The molecule has 0 spiro atoms. The Hall–Kier alpha value is -2.58. The van der Waals surface area contributed by atoms with Gasteiger partial charge in [-0.15, -0.1) is 0 Å². The van der Waals surface area contributed by atoms with Gasteiger partial charge in [-0.2, -0.15) is 0 Å². The zero-order valence-electron chi connectivity index (χ0n) is 14.5. The van der Waals surface area contributed by atoms with Gasteiger partial charge in [0.15, 0.2) is 0 Å². The van der Waals surface area contributed by atoms with Crippen LogP contribution in [0.3, 0.4) is 0 Å². The van der Waals surface area contributed by atoms with Crippen LogP contribution < -0.4 is 10.0 Å². The Morgan fingerprint density at radius 3 is 2.48 bits per heavy atom. The topological polar surface area (TPSA) is 84.0 Å². The van der Waals surface area contributed by atoms with Gasteiger partial charge in [-0.3, -0.25) is 0 Å². The normalized spacial score (nSPS) is 14.4. The SMILES string of the molecule is O=S(=O)(NCCNc1nc(C2CC2)nc2ccccc12)c1ccc(F)cc1. The van der Waals surface area contributed by atoms with Gasteiger partial charge in [-0.25, -0.2) is 27.5 Å². The minimum Gasteiger partial charge on any atom is -0.368 e. The van der Waals surface area contributed by atoms with Crippen molar-refractivity contribution in [3.8, 4) is 0 Å². The molecule has 2 aromatic carbocycles. The molecule has 27 heavy (non-hydrogen) atoms. The molecule has 0 amide bonds. The highest BCUT2D eigenvalue weighted by molar-refractivity contribution is 7.89. The zero-order valence-corrected chi connectivity index (χ0v) is 15.3. The molecule has 1 aliphatic rings. The van der Waals surface area contributed by atoms with Crippen molar-refractivity contribution < 1.29 is 12.8 Å². The number of hydrogen-bond donors (Lipinski definition) is 2. The summed E-state index contributed by atoms with van der Waals surface area (Å²) in [5.74, 6) is 1.50. The van der Waals surface area contributed by atoms with Crippen LogP contribution in [0.5, 0.6) is 0 Å². The quantitative estimate of drug-likeness (QED) is 0.610. The van der Waals surface area contributed by atoms with E-state index in [-0.39, 0.29) is 11.4 Å². The molecule has 1 aliphatic carbocycles. The first-order valence-corrected chi connectivity index (χ1v) is 10.3. The van der Waals surface area contributed by atoms with Crippen LogP contribution >= 0.6 is 0 Å². The first kappa shape index (κ1) is 17.8. The lowest BCUT2D eigenvalue weighted by molar-refractivity contribution is 0.582. The molecule has 140 valence electrons. The van der Waals surface area contributed by atoms with Crippen LogP contribution in [0.4, 0.5) is 10.2 Å². The van der Waals surface area contributed by atoms with Gasteiger partial charge in [0.2, 0.25) is 10.0 Å². The number of hydrogen-bond acceptors (Lipinski definition) is 5. The average molecular weight is 386 g/mol. The second-order valence-electron chi connectivity index (χ2n) is 6.50. The maximum absolute atomic E-state index is 13.0. The van der Waals surface area contributed by atoms with Gasteiger partial charge >= 0.3 is 0 Å². The molecular formula is C19H19FN4O2S. The second kappa shape index (κ2) is 7.21. The van der Waals surface area contributed by atoms with Crippen molar-refractivity contribution in [3.63, 3.8) is 0 Å². The lowest BCUT2D eigenvalue weighted by Crippen LogP contribution is -2.29. The van der Waals surface area contributed by atoms with Crippen molar-refractivity contribution in [1.29, 1.82) is 0 Å². The van der Waals surface area contributed by atoms with Gasteiger partial charge in [0.05, 0.1) is 10.4 Å². The standard InChI is InChI=1S/C19H19FN4O2S/c20-14-7-9-15(10-8-14)27(25,26)22-12-11-21-19-16-3-1-2-4-17(16)23-18(24-19)13-5-6-13/h1-4,7-10,13,22H,5-6,11-12H2,(H,21,23,24). The van der Waals surface area contributed by atoms with E-state index in [1.807, 2.05) is 24.3 Å². The van der Waals surface area contributed by atoms with E-state index in [1.54, 1.807) is 0 Å². The molecule has 0 atom stereocenters. The number of nitrogens with one attached hydrogen (secondary N) is 2. The first-order chi connectivity index (χ1) is 13.0. The Balaban J connectivity index is 1.44. The fourth-order valence-electron chi connectivity index (χ4n) is 2.82. The molecule has 0 saturated heterocycles. The Morgan fingerprint density at radius 1 is 1.00 bits per heavy atom. The van der Waals surface area contributed by atoms with Gasteiger partial charge in [0.25, 0.3) is 0 Å². The Morgan fingerprint density at radius 2 is 1.74 bits per heavy atom. The summed E-state index contributed by atoms with van der Waals surface area (Å²) in [5.41, 5.74) is 0.879. The molecule has 6 nitrogen and oxygen atoms in total. The minimum atomic E-state index is -3.67. The number of para-hydroxylation sites is 1. The predicted octanol–water partition coefficient (Wildman–Crippen LogP) is 3.04. The summed E-state index contributed by atoms with van der Waals surface area (Å²) in [5, 5.41) is 4.11. The van der Waals surface area contributed by atoms with E-state index in [0.717, 1.165) is 41.7 Å². The van der Waals surface area contributed by atoms with Crippen LogP contribution in [0.1, 0.15) is 24.6 Å². The summed E-state index contributed by atoms with van der Waals surface area (Å²) in [6.07, 6.45) is 2.21. The number of sulfonamides is 1. The number of halogens is 1. The first-order valence-electron chi connectivity index (χ1n) is 8.79. The summed E-state index contributed by atoms with van der Waals surface area (Å²) in [6.45, 7) is 0.544. The molecule has 0 bridgehead atoms. The van der Waals surface area contributed by atoms with Crippen molar-refractivity contribution in [2.24, 2.45) is 0 Å². The van der Waals surface area contributed by atoms with Crippen molar-refractivity contribution in [3.05, 3.63) is 60.2 Å². The fraction of sp³-hybridized carbons (Fsp3) is 0.263. The molecule has 0 radical (unpaired) electrons. The van der Waals surface area contributed by atoms with Crippen molar-refractivity contribution in [1.82, 2.24) is 14.7 Å². The van der Waals surface area contributed by atoms with Crippen LogP contribution in [-0.4, -0.2) is 31.5 Å². The molecule has 1 saturated carbocycles. The average Bonchev–Trinajstić information content (AvgIpc) is 3.50. The van der Waals surface area contributed by atoms with Crippen LogP contribution in [0.25, 0.3) is 10.9 Å². The maximum Gasteiger partial charge on any atom is 0.240 e. The van der Waals surface area contributed by atoms with Crippen LogP contribution in [0.2, 0.25) is 0 Å². The fourth-order valence-corrected chi connectivity index (χ4v) is 3.85. The lowest BCUT2D eigenvalue weighted by atomic mass is 10.2. The number of benzene rings is 2. The smallest absolute Gasteiger partial charge is 0.240 e. The Bertz CT molecular complexity index is 1070. The van der Waals surface area contributed by atoms with Crippen molar-refractivity contribution in [2.75, 3.05) is 18.4 Å². The van der Waals surface area contributed by atoms with Crippen LogP contribution in [0.15, 0.2) is 53.4 Å². The molecule has 1 fully saturated rings. The number of aromatic nitrogens is 2. The number of rotatable bonds is 7. The van der Waals surface area contributed by atoms with E-state index < -0.39 is 15.8 Å². The van der Waals surface area contributed by atoms with Gasteiger partial charge in [-0.05, 0) is 49.2 Å². The van der Waals surface area contributed by atoms with E-state index in [0.29, 0.717) is 18.3 Å². The summed E-state index contributed by atoms with van der Waals surface area (Å²) in [4.78, 5) is 9.28. The van der Waals surface area contributed by atoms with Gasteiger partial charge in [0.1, 0.15) is 17.5 Å². The summed E-state index contributed by atoms with van der Waals surface area (Å²) >= 11 is 0. The molecule has 1 aromatic heterocycles. The second-order valence-corrected chi connectivity index (χ2v) is 8.27. The van der Waals surface area contributed by atoms with Crippen LogP contribution in [0, 0.1) is 5.82 Å². The summed E-state index contributed by atoms with van der Waals surface area (Å²) < 4.78 is 39.9. The molecule has 8 heteroatoms. The molecule has 1 heterocycles. The van der Waals surface area contributed by atoms with Gasteiger partial charge in [-0.1, -0.05) is 12.1 Å². The van der Waals surface area contributed by atoms with Crippen molar-refractivity contribution in [2.45, 2.75) is 23.7 Å². The third-order valence-corrected chi connectivity index (χ3v) is 5.87. The predicted molar refractivity (Wildman–Crippen MR) is 102 cm³/mol. The van der Waals surface area contributed by atoms with E-state index >= 15 is 0 Å². The largest absolute Gasteiger partial charge is 0.368 e.